The molecule has 0 aliphatic carbocycles. The van der Waals surface area contributed by atoms with E-state index in [0.717, 1.165) is 36.4 Å². The minimum atomic E-state index is -4.52. The van der Waals surface area contributed by atoms with E-state index in [4.69, 9.17) is 4.74 Å². The van der Waals surface area contributed by atoms with Crippen LogP contribution in [0.5, 0.6) is 5.75 Å². The van der Waals surface area contributed by atoms with Crippen LogP contribution < -0.4 is 9.46 Å². The molecule has 1 aliphatic rings. The number of hydrogen-bond donors (Lipinski definition) is 1. The number of carbonyl (C=O) groups is 1. The lowest BCUT2D eigenvalue weighted by Gasteiger charge is -2.23. The van der Waals surface area contributed by atoms with Crippen molar-refractivity contribution < 1.29 is 35.5 Å². The molecule has 3 aromatic carbocycles. The molecule has 3 aromatic rings. The summed E-state index contributed by atoms with van der Waals surface area (Å²) in [5.74, 6) is -0.653. The van der Waals surface area contributed by atoms with Gasteiger partial charge in [-0.2, -0.15) is 13.2 Å². The molecule has 184 valence electrons. The Labute approximate surface area is 199 Å². The average molecular weight is 508 g/mol. The molecule has 0 saturated heterocycles. The van der Waals surface area contributed by atoms with E-state index < -0.39 is 39.6 Å². The van der Waals surface area contributed by atoms with Gasteiger partial charge < -0.3 is 9.64 Å². The summed E-state index contributed by atoms with van der Waals surface area (Å²) in [4.78, 5) is 14.1. The van der Waals surface area contributed by atoms with Crippen molar-refractivity contribution in [3.05, 3.63) is 89.2 Å². The number of rotatable bonds is 5. The number of carbonyl (C=O) groups excluding carboxylic acids is 1. The number of anilines is 1. The third-order valence-corrected chi connectivity index (χ3v) is 6.79. The quantitative estimate of drug-likeness (QED) is 0.495. The van der Waals surface area contributed by atoms with Gasteiger partial charge in [0.1, 0.15) is 11.6 Å². The van der Waals surface area contributed by atoms with E-state index in [-0.39, 0.29) is 29.2 Å². The van der Waals surface area contributed by atoms with Crippen molar-refractivity contribution >= 4 is 21.6 Å². The minimum absolute atomic E-state index is 0.0130. The SMILES string of the molecule is C[C@@H]1Oc2ccc(NS(=O)(=O)c3ccc(F)cc3)cc2CN(Cc2cccc(C(F)(F)F)c2)C1=O. The molecule has 0 bridgehead atoms. The zero-order valence-corrected chi connectivity index (χ0v) is 19.2. The molecule has 1 N–H and O–H groups in total. The first-order valence-corrected chi connectivity index (χ1v) is 11.9. The normalized spacial score (nSPS) is 16.3. The molecule has 1 amide bonds. The Balaban J connectivity index is 1.60. The second kappa shape index (κ2) is 9.21. The second-order valence-electron chi connectivity index (χ2n) is 8.03. The van der Waals surface area contributed by atoms with Crippen LogP contribution in [0.1, 0.15) is 23.6 Å². The fourth-order valence-corrected chi connectivity index (χ4v) is 4.74. The van der Waals surface area contributed by atoms with E-state index in [1.54, 1.807) is 0 Å². The van der Waals surface area contributed by atoms with Gasteiger partial charge in [-0.25, -0.2) is 12.8 Å². The lowest BCUT2D eigenvalue weighted by molar-refractivity contribution is -0.138. The Hall–Kier alpha value is -3.60. The van der Waals surface area contributed by atoms with Crippen molar-refractivity contribution in [1.82, 2.24) is 4.90 Å². The van der Waals surface area contributed by atoms with Gasteiger partial charge in [-0.05, 0) is 67.1 Å². The lowest BCUT2D eigenvalue weighted by Crippen LogP contribution is -2.37. The van der Waals surface area contributed by atoms with Crippen molar-refractivity contribution in [2.24, 2.45) is 0 Å². The number of sulfonamides is 1. The van der Waals surface area contributed by atoms with E-state index in [0.29, 0.717) is 11.3 Å². The van der Waals surface area contributed by atoms with Crippen LogP contribution in [0.2, 0.25) is 0 Å². The van der Waals surface area contributed by atoms with Gasteiger partial charge in [0.25, 0.3) is 15.9 Å². The van der Waals surface area contributed by atoms with E-state index in [2.05, 4.69) is 4.72 Å². The number of ether oxygens (including phenoxy) is 1. The standard InChI is InChI=1S/C24H20F4N2O4S/c1-15-23(31)30(13-16-3-2-4-18(11-16)24(26,27)28)14-17-12-20(7-10-22(17)34-15)29-35(32,33)21-8-5-19(25)6-9-21/h2-12,15,29H,13-14H2,1H3/t15-/m0/s1. The molecule has 11 heteroatoms. The molecule has 1 atom stereocenters. The summed E-state index contributed by atoms with van der Waals surface area (Å²) in [5.41, 5.74) is 0.114. The number of amides is 1. The van der Waals surface area contributed by atoms with Gasteiger partial charge in [0, 0.05) is 24.3 Å². The first kappa shape index (κ1) is 24.5. The monoisotopic (exact) mass is 508 g/mol. The Morgan fingerprint density at radius 1 is 1.06 bits per heavy atom. The van der Waals surface area contributed by atoms with Crippen molar-refractivity contribution in [2.45, 2.75) is 37.2 Å². The zero-order chi connectivity index (χ0) is 25.4. The minimum Gasteiger partial charge on any atom is -0.481 e. The van der Waals surface area contributed by atoms with Gasteiger partial charge >= 0.3 is 6.18 Å². The summed E-state index contributed by atoms with van der Waals surface area (Å²) < 4.78 is 85.8. The first-order chi connectivity index (χ1) is 16.4. The number of nitrogens with one attached hydrogen (secondary N) is 1. The van der Waals surface area contributed by atoms with E-state index in [9.17, 15) is 30.8 Å². The highest BCUT2D eigenvalue weighted by molar-refractivity contribution is 7.92. The van der Waals surface area contributed by atoms with Crippen LogP contribution in [0.3, 0.4) is 0 Å². The third kappa shape index (κ3) is 5.56. The highest BCUT2D eigenvalue weighted by Crippen LogP contribution is 2.32. The van der Waals surface area contributed by atoms with Crippen LogP contribution in [-0.4, -0.2) is 25.3 Å². The number of benzene rings is 3. The van der Waals surface area contributed by atoms with Gasteiger partial charge in [0.05, 0.1) is 10.5 Å². The van der Waals surface area contributed by atoms with Gasteiger partial charge in [0.2, 0.25) is 0 Å². The topological polar surface area (TPSA) is 75.7 Å². The Morgan fingerprint density at radius 2 is 1.77 bits per heavy atom. The predicted molar refractivity (Wildman–Crippen MR) is 119 cm³/mol. The number of hydrogen-bond acceptors (Lipinski definition) is 4. The van der Waals surface area contributed by atoms with Crippen molar-refractivity contribution in [3.63, 3.8) is 0 Å². The third-order valence-electron chi connectivity index (χ3n) is 5.39. The Kier molecular flexibility index (Phi) is 6.46. The molecule has 4 rings (SSSR count). The van der Waals surface area contributed by atoms with Crippen LogP contribution in [0.4, 0.5) is 23.2 Å². The Morgan fingerprint density at radius 3 is 2.46 bits per heavy atom. The van der Waals surface area contributed by atoms with E-state index in [1.165, 1.54) is 42.2 Å². The molecular weight excluding hydrogens is 488 g/mol. The number of alkyl halides is 3. The van der Waals surface area contributed by atoms with E-state index in [1.807, 2.05) is 0 Å². The van der Waals surface area contributed by atoms with Crippen LogP contribution >= 0.6 is 0 Å². The maximum atomic E-state index is 13.1. The molecule has 0 radical (unpaired) electrons. The Bertz CT molecular complexity index is 1360. The number of nitrogens with zero attached hydrogens (tertiary/aromatic N) is 1. The van der Waals surface area contributed by atoms with Crippen LogP contribution in [-0.2, 0) is 34.1 Å². The maximum absolute atomic E-state index is 13.1. The zero-order valence-electron chi connectivity index (χ0n) is 18.3. The molecule has 6 nitrogen and oxygen atoms in total. The largest absolute Gasteiger partial charge is 0.481 e. The summed E-state index contributed by atoms with van der Waals surface area (Å²) >= 11 is 0. The first-order valence-electron chi connectivity index (χ1n) is 10.5. The van der Waals surface area contributed by atoms with Gasteiger partial charge in [-0.3, -0.25) is 9.52 Å². The van der Waals surface area contributed by atoms with Crippen LogP contribution in [0.25, 0.3) is 0 Å². The second-order valence-corrected chi connectivity index (χ2v) is 9.72. The van der Waals surface area contributed by atoms with Gasteiger partial charge in [-0.1, -0.05) is 12.1 Å². The maximum Gasteiger partial charge on any atom is 0.416 e. The van der Waals surface area contributed by atoms with Crippen molar-refractivity contribution in [1.29, 1.82) is 0 Å². The molecule has 0 saturated carbocycles. The van der Waals surface area contributed by atoms with Crippen molar-refractivity contribution in [2.75, 3.05) is 4.72 Å². The van der Waals surface area contributed by atoms with E-state index >= 15 is 0 Å². The number of halogens is 4. The van der Waals surface area contributed by atoms with Gasteiger partial charge in [0.15, 0.2) is 6.10 Å². The van der Waals surface area contributed by atoms with Crippen LogP contribution in [0.15, 0.2) is 71.6 Å². The van der Waals surface area contributed by atoms with Crippen molar-refractivity contribution in [3.8, 4) is 5.75 Å². The highest BCUT2D eigenvalue weighted by Gasteiger charge is 2.32. The summed E-state index contributed by atoms with van der Waals surface area (Å²) in [6.07, 6.45) is -5.41. The molecule has 0 unspecified atom stereocenters. The molecule has 0 fully saturated rings. The number of fused-ring (bicyclic) bond motifs is 1. The summed E-state index contributed by atoms with van der Waals surface area (Å²) in [6.45, 7) is 1.42. The molecule has 0 aromatic heterocycles. The fourth-order valence-electron chi connectivity index (χ4n) is 3.69. The smallest absolute Gasteiger partial charge is 0.416 e. The molecular formula is C24H20F4N2O4S. The molecule has 0 spiro atoms. The highest BCUT2D eigenvalue weighted by atomic mass is 32.2. The molecule has 1 aliphatic heterocycles. The van der Waals surface area contributed by atoms with Crippen LogP contribution in [0, 0.1) is 5.82 Å². The summed E-state index contributed by atoms with van der Waals surface area (Å²) in [6, 6.07) is 13.5. The summed E-state index contributed by atoms with van der Waals surface area (Å²) in [7, 11) is -4.01. The fraction of sp³-hybridized carbons (Fsp3) is 0.208. The summed E-state index contributed by atoms with van der Waals surface area (Å²) in [5, 5.41) is 0. The average Bonchev–Trinajstić information content (AvgIpc) is 2.90. The lowest BCUT2D eigenvalue weighted by atomic mass is 10.1. The van der Waals surface area contributed by atoms with Gasteiger partial charge in [-0.15, -0.1) is 0 Å². The molecule has 1 heterocycles. The predicted octanol–water partition coefficient (Wildman–Crippen LogP) is 4.96. The molecule has 35 heavy (non-hydrogen) atoms.